The molecule has 0 aromatic rings. The van der Waals surface area contributed by atoms with Crippen molar-refractivity contribution in [1.82, 2.24) is 9.35 Å². The summed E-state index contributed by atoms with van der Waals surface area (Å²) in [7, 11) is 0. The third-order valence-electron chi connectivity index (χ3n) is 3.82. The Labute approximate surface area is 178 Å². The Hall–Kier alpha value is -2.24. The van der Waals surface area contributed by atoms with Gasteiger partial charge < -0.3 is 0 Å². The van der Waals surface area contributed by atoms with E-state index in [-0.39, 0.29) is 5.96 Å². The van der Waals surface area contributed by atoms with Crippen molar-refractivity contribution in [2.24, 2.45) is 30.1 Å². The Kier molecular flexibility index (Phi) is 4.02. The predicted molar refractivity (Wildman–Crippen MR) is 118 cm³/mol. The maximum absolute atomic E-state index is 4.62. The zero-order chi connectivity index (χ0) is 18.5. The summed E-state index contributed by atoms with van der Waals surface area (Å²) in [5.74, 6) is 1.33. The lowest BCUT2D eigenvalue weighted by atomic mass is 10.3. The molecule has 0 aromatic heterocycles. The van der Waals surface area contributed by atoms with Crippen LogP contribution < -0.4 is 5.43 Å². The molecule has 0 atom stereocenters. The van der Waals surface area contributed by atoms with Gasteiger partial charge in [-0.1, -0.05) is 0 Å². The zero-order valence-electron chi connectivity index (χ0n) is 13.2. The number of hydrazone groups is 1. The van der Waals surface area contributed by atoms with E-state index in [2.05, 4.69) is 83.5 Å². The fourth-order valence-electron chi connectivity index (χ4n) is 2.60. The molecule has 0 amide bonds. The standard InChI is InChI=1S/C16H7Br3N8/c17-12-10-4-3-8(21-10)5-7-1-2-9(20-7)6-11-25-26-16(27(11)19)24-15-22-13(12)14(18)23-15/h1-6,25H. The number of nitrogens with zero attached hydrogens (tertiary/aromatic N) is 7. The Bertz CT molecular complexity index is 1120. The van der Waals surface area contributed by atoms with Crippen molar-refractivity contribution in [3.05, 3.63) is 58.2 Å². The Morgan fingerprint density at radius 2 is 1.67 bits per heavy atom. The first-order valence-electron chi connectivity index (χ1n) is 7.65. The van der Waals surface area contributed by atoms with Crippen LogP contribution in [0.3, 0.4) is 0 Å². The predicted octanol–water partition coefficient (Wildman–Crippen LogP) is 3.44. The molecule has 5 heterocycles. The van der Waals surface area contributed by atoms with Gasteiger partial charge in [0.15, 0.2) is 0 Å². The van der Waals surface area contributed by atoms with Gasteiger partial charge in [0.2, 0.25) is 0 Å². The largest absolute Gasteiger partial charge is 0.262 e. The Morgan fingerprint density at radius 1 is 0.852 bits per heavy atom. The molecule has 8 bridgehead atoms. The summed E-state index contributed by atoms with van der Waals surface area (Å²) < 4.78 is 2.91. The number of hydrogen-bond donors (Lipinski definition) is 1. The molecule has 8 nitrogen and oxygen atoms in total. The normalized spacial score (nSPS) is 22.7. The highest BCUT2D eigenvalue weighted by Crippen LogP contribution is 2.26. The van der Waals surface area contributed by atoms with E-state index >= 15 is 0 Å². The first-order chi connectivity index (χ1) is 13.1. The van der Waals surface area contributed by atoms with E-state index < -0.39 is 0 Å². The first-order valence-corrected chi connectivity index (χ1v) is 9.95. The molecule has 0 fully saturated rings. The second-order valence-electron chi connectivity index (χ2n) is 5.62. The molecule has 5 rings (SSSR count). The molecule has 0 spiro atoms. The summed E-state index contributed by atoms with van der Waals surface area (Å²) in [6.07, 6.45) is 11.5. The maximum atomic E-state index is 4.62. The molecule has 0 unspecified atom stereocenters. The fourth-order valence-corrected chi connectivity index (χ4v) is 4.15. The molecule has 0 saturated carbocycles. The molecular formula is C16H7Br3N8. The van der Waals surface area contributed by atoms with Crippen LogP contribution in [0.1, 0.15) is 0 Å². The number of aliphatic imine (C=N–C) groups is 5. The van der Waals surface area contributed by atoms with Crippen LogP contribution in [0.4, 0.5) is 0 Å². The van der Waals surface area contributed by atoms with Gasteiger partial charge in [0, 0.05) is 6.08 Å². The van der Waals surface area contributed by atoms with E-state index in [1.165, 1.54) is 0 Å². The van der Waals surface area contributed by atoms with Gasteiger partial charge in [0.05, 0.1) is 43.4 Å². The topological polar surface area (TPSA) is 89.4 Å². The summed E-state index contributed by atoms with van der Waals surface area (Å²) in [4.78, 5) is 22.4. The van der Waals surface area contributed by atoms with Crippen LogP contribution in [0.25, 0.3) is 0 Å². The van der Waals surface area contributed by atoms with Crippen molar-refractivity contribution in [2.75, 3.05) is 0 Å². The van der Waals surface area contributed by atoms with Crippen LogP contribution in [0.5, 0.6) is 0 Å². The second-order valence-corrected chi connectivity index (χ2v) is 7.87. The molecule has 5 aliphatic heterocycles. The van der Waals surface area contributed by atoms with E-state index in [1.54, 1.807) is 3.93 Å². The van der Waals surface area contributed by atoms with Crippen molar-refractivity contribution in [1.29, 1.82) is 0 Å². The van der Waals surface area contributed by atoms with Crippen LogP contribution in [-0.4, -0.2) is 37.6 Å². The number of nitrogens with one attached hydrogen (secondary N) is 1. The van der Waals surface area contributed by atoms with Gasteiger partial charge in [-0.25, -0.2) is 23.9 Å². The lowest BCUT2D eigenvalue weighted by molar-refractivity contribution is 0.791. The van der Waals surface area contributed by atoms with E-state index in [4.69, 9.17) is 0 Å². The second kappa shape index (κ2) is 6.43. The van der Waals surface area contributed by atoms with Gasteiger partial charge in [-0.05, 0) is 62.2 Å². The molecule has 1 N–H and O–H groups in total. The van der Waals surface area contributed by atoms with Crippen LogP contribution in [-0.2, 0) is 0 Å². The highest BCUT2D eigenvalue weighted by atomic mass is 79.9. The lowest BCUT2D eigenvalue weighted by Crippen LogP contribution is -2.17. The third kappa shape index (κ3) is 3.05. The van der Waals surface area contributed by atoms with Gasteiger partial charge in [0.25, 0.3) is 11.9 Å². The van der Waals surface area contributed by atoms with E-state index in [9.17, 15) is 0 Å². The molecule has 5 aliphatic rings. The van der Waals surface area contributed by atoms with Gasteiger partial charge in [-0.3, -0.25) is 5.43 Å². The minimum Gasteiger partial charge on any atom is -0.258 e. The fraction of sp³-hybridized carbons (Fsp3) is 0. The minimum absolute atomic E-state index is 0.277. The van der Waals surface area contributed by atoms with Gasteiger partial charge >= 0.3 is 0 Å². The van der Waals surface area contributed by atoms with Crippen molar-refractivity contribution >= 4 is 81.7 Å². The van der Waals surface area contributed by atoms with E-state index in [0.717, 1.165) is 22.8 Å². The lowest BCUT2D eigenvalue weighted by Gasteiger charge is -2.08. The molecule has 11 heteroatoms. The number of hydrogen-bond acceptors (Lipinski definition) is 8. The number of halogens is 3. The van der Waals surface area contributed by atoms with Crippen molar-refractivity contribution in [3.8, 4) is 0 Å². The first kappa shape index (κ1) is 16.9. The van der Waals surface area contributed by atoms with Crippen LogP contribution in [0, 0.1) is 0 Å². The third-order valence-corrected chi connectivity index (χ3v) is 5.85. The van der Waals surface area contributed by atoms with Crippen LogP contribution in [0.15, 0.2) is 88.2 Å². The zero-order valence-corrected chi connectivity index (χ0v) is 18.0. The number of fused-ring (bicyclic) bond motifs is 5. The monoisotopic (exact) mass is 548 g/mol. The highest BCUT2D eigenvalue weighted by molar-refractivity contribution is 9.19. The molecule has 0 aliphatic carbocycles. The average Bonchev–Trinajstić information content (AvgIpc) is 3.41. The van der Waals surface area contributed by atoms with Gasteiger partial charge in [-0.15, -0.1) is 5.10 Å². The SMILES string of the molecule is BrC1=NC2=NC3=NNC(=CC4=NC(=CC5=NC(=C(Br)C1=N2)C=C5)C=C4)N3Br. The molecule has 27 heavy (non-hydrogen) atoms. The smallest absolute Gasteiger partial charge is 0.258 e. The van der Waals surface area contributed by atoms with Crippen LogP contribution in [0.2, 0.25) is 0 Å². The highest BCUT2D eigenvalue weighted by Gasteiger charge is 2.26. The number of guanidine groups is 2. The Balaban J connectivity index is 1.68. The minimum atomic E-state index is 0.277. The summed E-state index contributed by atoms with van der Waals surface area (Å²) >= 11 is 10.5. The van der Waals surface area contributed by atoms with Crippen molar-refractivity contribution in [3.63, 3.8) is 0 Å². The van der Waals surface area contributed by atoms with Gasteiger partial charge in [0.1, 0.15) is 16.2 Å². The summed E-state index contributed by atoms with van der Waals surface area (Å²) in [5, 5.41) is 4.19. The molecule has 0 radical (unpaired) electrons. The van der Waals surface area contributed by atoms with Crippen LogP contribution >= 0.6 is 48.0 Å². The maximum Gasteiger partial charge on any atom is 0.262 e. The number of allylic oxidation sites excluding steroid dienone is 7. The van der Waals surface area contributed by atoms with Gasteiger partial charge in [-0.2, -0.15) is 4.99 Å². The van der Waals surface area contributed by atoms with Crippen molar-refractivity contribution < 1.29 is 0 Å². The molecule has 0 saturated heterocycles. The molecular weight excluding hydrogens is 544 g/mol. The average molecular weight is 551 g/mol. The number of rotatable bonds is 0. The molecule has 0 aromatic carbocycles. The summed E-state index contributed by atoms with van der Waals surface area (Å²) in [5.41, 5.74) is 6.68. The Morgan fingerprint density at radius 3 is 2.56 bits per heavy atom. The quantitative estimate of drug-likeness (QED) is 0.468. The van der Waals surface area contributed by atoms with Crippen molar-refractivity contribution in [2.45, 2.75) is 0 Å². The summed E-state index contributed by atoms with van der Waals surface area (Å²) in [6, 6.07) is 0. The van der Waals surface area contributed by atoms with E-state index in [0.29, 0.717) is 26.6 Å². The summed E-state index contributed by atoms with van der Waals surface area (Å²) in [6.45, 7) is 0. The van der Waals surface area contributed by atoms with E-state index in [1.807, 2.05) is 36.5 Å². The molecule has 132 valence electrons.